The maximum atomic E-state index is 2.24. The molecule has 0 aromatic heterocycles. The molecule has 0 unspecified atom stereocenters. The van der Waals surface area contributed by atoms with Gasteiger partial charge in [0, 0.05) is 21.3 Å². The molecule has 1 aliphatic heterocycles. The van der Waals surface area contributed by atoms with Gasteiger partial charge in [-0.1, -0.05) is 52.4 Å². The molecule has 1 heterocycles. The molecule has 3 heteroatoms. The van der Waals surface area contributed by atoms with Gasteiger partial charge in [0.1, 0.15) is 0 Å². The summed E-state index contributed by atoms with van der Waals surface area (Å²) >= 11 is 1.92. The van der Waals surface area contributed by atoms with Gasteiger partial charge in [-0.2, -0.15) is 0 Å². The van der Waals surface area contributed by atoms with E-state index < -0.39 is 0 Å². The number of hydrogen-bond acceptors (Lipinski definition) is 3. The summed E-state index contributed by atoms with van der Waals surface area (Å²) in [6.07, 6.45) is 0. The quantitative estimate of drug-likeness (QED) is 0.428. The largest absolute Gasteiger partial charge is 0.0941 e. The number of rotatable bonds is 4. The third kappa shape index (κ3) is 1.95. The van der Waals surface area contributed by atoms with E-state index in [4.69, 9.17) is 0 Å². The molecule has 64 valence electrons. The van der Waals surface area contributed by atoms with Crippen LogP contribution in [0.15, 0.2) is 28.0 Å². The van der Waals surface area contributed by atoms with Gasteiger partial charge in [0.05, 0.1) is 0 Å². The molecular formula is C9H10S3. The first-order valence-corrected chi connectivity index (χ1v) is 7.26. The van der Waals surface area contributed by atoms with Gasteiger partial charge in [0.25, 0.3) is 0 Å². The fraction of sp³-hybridized carbons (Fsp3) is 0.333. The fourth-order valence-electron chi connectivity index (χ4n) is 1.05. The highest BCUT2D eigenvalue weighted by atomic mass is 33.1. The SMILES string of the molecule is CCSSCc1cccc2c1S2. The van der Waals surface area contributed by atoms with E-state index in [0.29, 0.717) is 0 Å². The Morgan fingerprint density at radius 2 is 2.25 bits per heavy atom. The van der Waals surface area contributed by atoms with E-state index in [0.717, 1.165) is 5.75 Å². The molecule has 0 saturated heterocycles. The molecule has 1 aromatic carbocycles. The van der Waals surface area contributed by atoms with E-state index in [1.165, 1.54) is 21.1 Å². The van der Waals surface area contributed by atoms with Crippen LogP contribution in [-0.4, -0.2) is 5.75 Å². The Balaban J connectivity index is 1.93. The van der Waals surface area contributed by atoms with Crippen LogP contribution in [-0.2, 0) is 5.75 Å². The number of hydrogen-bond donors (Lipinski definition) is 0. The Kier molecular flexibility index (Phi) is 2.94. The molecule has 0 saturated carbocycles. The van der Waals surface area contributed by atoms with Crippen LogP contribution in [0, 0.1) is 0 Å². The van der Waals surface area contributed by atoms with Crippen LogP contribution in [0.4, 0.5) is 0 Å². The minimum atomic E-state index is 1.16. The van der Waals surface area contributed by atoms with Crippen molar-refractivity contribution >= 4 is 33.3 Å². The molecule has 0 N–H and O–H groups in total. The summed E-state index contributed by atoms with van der Waals surface area (Å²) in [6.45, 7) is 2.20. The van der Waals surface area contributed by atoms with Gasteiger partial charge in [-0.25, -0.2) is 0 Å². The van der Waals surface area contributed by atoms with Crippen molar-refractivity contribution in [3.8, 4) is 0 Å². The van der Waals surface area contributed by atoms with Crippen LogP contribution in [0.25, 0.3) is 0 Å². The standard InChI is InChI=1S/C9H10S3/c1-2-10-11-6-7-4-3-5-8-9(7)12-8/h3-5H,2,6H2,1H3. The Bertz CT molecular complexity index is 283. The lowest BCUT2D eigenvalue weighted by Crippen LogP contribution is -1.75. The molecule has 0 radical (unpaired) electrons. The summed E-state index contributed by atoms with van der Waals surface area (Å²) < 4.78 is 0. The van der Waals surface area contributed by atoms with Crippen molar-refractivity contribution in [2.75, 3.05) is 5.75 Å². The molecule has 0 aliphatic carbocycles. The van der Waals surface area contributed by atoms with E-state index in [2.05, 4.69) is 25.1 Å². The zero-order valence-corrected chi connectivity index (χ0v) is 9.32. The minimum absolute atomic E-state index is 1.16. The highest BCUT2D eigenvalue weighted by Gasteiger charge is 2.21. The Morgan fingerprint density at radius 3 is 3.08 bits per heavy atom. The van der Waals surface area contributed by atoms with E-state index in [1.54, 1.807) is 0 Å². The van der Waals surface area contributed by atoms with Gasteiger partial charge in [-0.05, 0) is 11.6 Å². The van der Waals surface area contributed by atoms with Gasteiger partial charge in [0.15, 0.2) is 0 Å². The van der Waals surface area contributed by atoms with Crippen molar-refractivity contribution in [2.45, 2.75) is 22.5 Å². The third-order valence-corrected chi connectivity index (χ3v) is 5.08. The van der Waals surface area contributed by atoms with Crippen molar-refractivity contribution < 1.29 is 0 Å². The second-order valence-corrected chi connectivity index (χ2v) is 6.32. The Hall–Kier alpha value is 0.270. The fourth-order valence-corrected chi connectivity index (χ4v) is 3.67. The van der Waals surface area contributed by atoms with E-state index in [-0.39, 0.29) is 0 Å². The summed E-state index contributed by atoms with van der Waals surface area (Å²) in [5.41, 5.74) is 1.52. The summed E-state index contributed by atoms with van der Waals surface area (Å²) in [7, 11) is 3.90. The molecule has 2 rings (SSSR count). The van der Waals surface area contributed by atoms with E-state index in [9.17, 15) is 0 Å². The normalized spacial score (nSPS) is 12.8. The first kappa shape index (κ1) is 8.85. The zero-order valence-electron chi connectivity index (χ0n) is 6.87. The molecule has 0 bridgehead atoms. The lowest BCUT2D eigenvalue weighted by Gasteiger charge is -1.97. The monoisotopic (exact) mass is 214 g/mol. The van der Waals surface area contributed by atoms with Crippen molar-refractivity contribution in [2.24, 2.45) is 0 Å². The molecule has 0 nitrogen and oxygen atoms in total. The first-order valence-electron chi connectivity index (χ1n) is 3.96. The topological polar surface area (TPSA) is 0 Å². The summed E-state index contributed by atoms with van der Waals surface area (Å²) in [4.78, 5) is 3.01. The summed E-state index contributed by atoms with van der Waals surface area (Å²) in [6, 6.07) is 6.59. The summed E-state index contributed by atoms with van der Waals surface area (Å²) in [5, 5.41) is 0. The van der Waals surface area contributed by atoms with Gasteiger partial charge < -0.3 is 0 Å². The van der Waals surface area contributed by atoms with Crippen LogP contribution in [0.1, 0.15) is 12.5 Å². The predicted octanol–water partition coefficient (Wildman–Crippen LogP) is 4.05. The average molecular weight is 214 g/mol. The second kappa shape index (κ2) is 3.99. The number of fused-ring (bicyclic) bond motifs is 1. The lowest BCUT2D eigenvalue weighted by atomic mass is 10.2. The smallest absolute Gasteiger partial charge is 0.0303 e. The van der Waals surface area contributed by atoms with E-state index in [1.807, 2.05) is 33.3 Å². The maximum Gasteiger partial charge on any atom is 0.0303 e. The van der Waals surface area contributed by atoms with Crippen LogP contribution in [0.5, 0.6) is 0 Å². The number of benzene rings is 1. The van der Waals surface area contributed by atoms with Crippen LogP contribution < -0.4 is 0 Å². The van der Waals surface area contributed by atoms with Gasteiger partial charge >= 0.3 is 0 Å². The molecule has 0 spiro atoms. The first-order chi connectivity index (χ1) is 5.92. The summed E-state index contributed by atoms with van der Waals surface area (Å²) in [5.74, 6) is 2.36. The van der Waals surface area contributed by atoms with Crippen LogP contribution >= 0.6 is 33.3 Å². The molecule has 0 fully saturated rings. The second-order valence-electron chi connectivity index (χ2n) is 2.52. The molecule has 12 heavy (non-hydrogen) atoms. The van der Waals surface area contributed by atoms with Crippen molar-refractivity contribution in [3.05, 3.63) is 23.8 Å². The maximum absolute atomic E-state index is 2.24. The van der Waals surface area contributed by atoms with Crippen molar-refractivity contribution in [1.29, 1.82) is 0 Å². The van der Waals surface area contributed by atoms with Gasteiger partial charge in [-0.3, -0.25) is 0 Å². The third-order valence-electron chi connectivity index (χ3n) is 1.65. The average Bonchev–Trinajstić information content (AvgIpc) is 2.84. The van der Waals surface area contributed by atoms with Crippen LogP contribution in [0.2, 0.25) is 0 Å². The van der Waals surface area contributed by atoms with Crippen molar-refractivity contribution in [1.82, 2.24) is 0 Å². The highest BCUT2D eigenvalue weighted by molar-refractivity contribution is 8.76. The van der Waals surface area contributed by atoms with Gasteiger partial charge in [0.2, 0.25) is 0 Å². The molecule has 1 aromatic rings. The minimum Gasteiger partial charge on any atom is -0.0941 e. The van der Waals surface area contributed by atoms with Crippen molar-refractivity contribution in [3.63, 3.8) is 0 Å². The molecular weight excluding hydrogens is 204 g/mol. The molecule has 1 aliphatic rings. The Labute approximate surface area is 85.3 Å². The molecule has 0 atom stereocenters. The van der Waals surface area contributed by atoms with Crippen LogP contribution in [0.3, 0.4) is 0 Å². The van der Waals surface area contributed by atoms with Gasteiger partial charge in [-0.15, -0.1) is 0 Å². The molecule has 0 amide bonds. The highest BCUT2D eigenvalue weighted by Crippen LogP contribution is 2.51. The lowest BCUT2D eigenvalue weighted by molar-refractivity contribution is 1.24. The Morgan fingerprint density at radius 1 is 1.33 bits per heavy atom. The van der Waals surface area contributed by atoms with E-state index >= 15 is 0 Å². The predicted molar refractivity (Wildman–Crippen MR) is 60.0 cm³/mol. The zero-order chi connectivity index (χ0) is 8.39.